The molecule has 178 valence electrons. The monoisotopic (exact) mass is 496 g/mol. The van der Waals surface area contributed by atoms with E-state index < -0.39 is 32.2 Å². The van der Waals surface area contributed by atoms with E-state index in [4.69, 9.17) is 0 Å². The van der Waals surface area contributed by atoms with E-state index in [0.717, 1.165) is 28.6 Å². The standard InChI is InChI=1S/C18H23F3N4O5S2/c1-13-17(14(2)23(3)22-13)32(28,29)25-10-4-9-24(11-12-25)31(26,27)16-7-5-15(6-8-16)30-18(19,20)21/h5-8H,4,9-12H2,1-3H3. The average Bonchev–Trinajstić information content (AvgIpc) is 2.86. The number of aromatic nitrogens is 2. The van der Waals surface area contributed by atoms with Crippen LogP contribution < -0.4 is 4.74 Å². The van der Waals surface area contributed by atoms with Crippen LogP contribution in [0, 0.1) is 13.8 Å². The molecule has 1 aromatic carbocycles. The van der Waals surface area contributed by atoms with Crippen molar-refractivity contribution in [2.75, 3.05) is 26.2 Å². The normalized spacial score (nSPS) is 17.3. The van der Waals surface area contributed by atoms with Gasteiger partial charge in [0.2, 0.25) is 20.0 Å². The molecule has 2 aromatic rings. The number of hydrogen-bond donors (Lipinski definition) is 0. The molecular weight excluding hydrogens is 473 g/mol. The Hall–Kier alpha value is -2.16. The molecule has 1 fully saturated rings. The van der Waals surface area contributed by atoms with Crippen LogP contribution in [0.1, 0.15) is 17.8 Å². The van der Waals surface area contributed by atoms with Crippen molar-refractivity contribution < 1.29 is 34.7 Å². The molecule has 32 heavy (non-hydrogen) atoms. The second-order valence-electron chi connectivity index (χ2n) is 7.30. The number of hydrogen-bond acceptors (Lipinski definition) is 6. The van der Waals surface area contributed by atoms with Gasteiger partial charge in [-0.3, -0.25) is 4.68 Å². The van der Waals surface area contributed by atoms with Gasteiger partial charge in [0, 0.05) is 33.2 Å². The molecule has 0 aliphatic carbocycles. The molecule has 1 aliphatic rings. The van der Waals surface area contributed by atoms with Crippen LogP contribution in [0.5, 0.6) is 5.75 Å². The third-order valence-electron chi connectivity index (χ3n) is 5.15. The fraction of sp³-hybridized carbons (Fsp3) is 0.500. The van der Waals surface area contributed by atoms with Gasteiger partial charge in [0.1, 0.15) is 10.6 Å². The highest BCUT2D eigenvalue weighted by Crippen LogP contribution is 2.27. The third kappa shape index (κ3) is 4.92. The Balaban J connectivity index is 1.78. The van der Waals surface area contributed by atoms with Gasteiger partial charge in [0.15, 0.2) is 0 Å². The Morgan fingerprint density at radius 2 is 1.44 bits per heavy atom. The lowest BCUT2D eigenvalue weighted by Gasteiger charge is -2.22. The number of aryl methyl sites for hydroxylation is 2. The molecule has 0 N–H and O–H groups in total. The topological polar surface area (TPSA) is 102 Å². The smallest absolute Gasteiger partial charge is 0.406 e. The second kappa shape index (κ2) is 8.65. The van der Waals surface area contributed by atoms with Crippen molar-refractivity contribution in [3.8, 4) is 5.75 Å². The molecule has 0 bridgehead atoms. The minimum atomic E-state index is -4.88. The van der Waals surface area contributed by atoms with Crippen LogP contribution in [0.2, 0.25) is 0 Å². The van der Waals surface area contributed by atoms with E-state index in [1.807, 2.05) is 0 Å². The first-order chi connectivity index (χ1) is 14.7. The Morgan fingerprint density at radius 3 is 1.91 bits per heavy atom. The summed E-state index contributed by atoms with van der Waals surface area (Å²) in [4.78, 5) is -0.0983. The maximum Gasteiger partial charge on any atom is 0.573 e. The second-order valence-corrected chi connectivity index (χ2v) is 11.1. The largest absolute Gasteiger partial charge is 0.573 e. The maximum atomic E-state index is 13.2. The number of ether oxygens (including phenoxy) is 1. The van der Waals surface area contributed by atoms with Crippen molar-refractivity contribution in [1.82, 2.24) is 18.4 Å². The van der Waals surface area contributed by atoms with Gasteiger partial charge >= 0.3 is 6.36 Å². The average molecular weight is 497 g/mol. The van der Waals surface area contributed by atoms with Gasteiger partial charge < -0.3 is 4.74 Å². The van der Waals surface area contributed by atoms with Crippen LogP contribution in [0.3, 0.4) is 0 Å². The molecule has 1 aliphatic heterocycles. The summed E-state index contributed by atoms with van der Waals surface area (Å²) in [5.74, 6) is -0.535. The lowest BCUT2D eigenvalue weighted by atomic mass is 10.3. The zero-order chi connectivity index (χ0) is 23.9. The highest BCUT2D eigenvalue weighted by Gasteiger charge is 2.35. The van der Waals surface area contributed by atoms with E-state index >= 15 is 0 Å². The summed E-state index contributed by atoms with van der Waals surface area (Å²) in [5, 5.41) is 4.14. The van der Waals surface area contributed by atoms with Gasteiger partial charge in [0.25, 0.3) is 0 Å². The minimum absolute atomic E-state index is 0.0649. The van der Waals surface area contributed by atoms with E-state index in [2.05, 4.69) is 9.84 Å². The fourth-order valence-electron chi connectivity index (χ4n) is 3.57. The Labute approximate surface area is 184 Å². The fourth-order valence-corrected chi connectivity index (χ4v) is 6.91. The van der Waals surface area contributed by atoms with Crippen LogP contribution in [-0.2, 0) is 27.1 Å². The molecule has 14 heteroatoms. The van der Waals surface area contributed by atoms with Crippen LogP contribution in [0.15, 0.2) is 34.1 Å². The maximum absolute atomic E-state index is 13.2. The molecule has 2 heterocycles. The number of halogens is 3. The predicted octanol–water partition coefficient (Wildman–Crippen LogP) is 2.02. The van der Waals surface area contributed by atoms with Crippen molar-refractivity contribution in [2.45, 2.75) is 36.4 Å². The summed E-state index contributed by atoms with van der Waals surface area (Å²) < 4.78 is 96.8. The van der Waals surface area contributed by atoms with Crippen molar-refractivity contribution in [1.29, 1.82) is 0 Å². The minimum Gasteiger partial charge on any atom is -0.406 e. The molecule has 1 aromatic heterocycles. The first-order valence-electron chi connectivity index (χ1n) is 9.60. The molecule has 0 atom stereocenters. The van der Waals surface area contributed by atoms with Gasteiger partial charge in [-0.15, -0.1) is 13.2 Å². The zero-order valence-electron chi connectivity index (χ0n) is 17.6. The van der Waals surface area contributed by atoms with Crippen molar-refractivity contribution in [3.05, 3.63) is 35.7 Å². The van der Waals surface area contributed by atoms with E-state index in [1.54, 1.807) is 20.9 Å². The Kier molecular flexibility index (Phi) is 6.62. The van der Waals surface area contributed by atoms with E-state index in [9.17, 15) is 30.0 Å². The summed E-state index contributed by atoms with van der Waals surface area (Å²) in [5.41, 5.74) is 0.845. The molecule has 0 amide bonds. The van der Waals surface area contributed by atoms with Crippen LogP contribution >= 0.6 is 0 Å². The quantitative estimate of drug-likeness (QED) is 0.628. The number of benzene rings is 1. The summed E-state index contributed by atoms with van der Waals surface area (Å²) in [7, 11) is -6.27. The lowest BCUT2D eigenvalue weighted by Crippen LogP contribution is -2.37. The van der Waals surface area contributed by atoms with Gasteiger partial charge in [-0.05, 0) is 44.5 Å². The number of sulfonamides is 2. The number of nitrogens with zero attached hydrogens (tertiary/aromatic N) is 4. The molecular formula is C18H23F3N4O5S2. The number of rotatable bonds is 5. The summed E-state index contributed by atoms with van der Waals surface area (Å²) in [6.45, 7) is 3.28. The molecule has 0 radical (unpaired) electrons. The first-order valence-corrected chi connectivity index (χ1v) is 12.5. The van der Waals surface area contributed by atoms with Crippen molar-refractivity contribution in [3.63, 3.8) is 0 Å². The summed E-state index contributed by atoms with van der Waals surface area (Å²) >= 11 is 0. The molecule has 1 saturated heterocycles. The molecule has 3 rings (SSSR count). The van der Waals surface area contributed by atoms with Crippen LogP contribution in [0.25, 0.3) is 0 Å². The van der Waals surface area contributed by atoms with Crippen LogP contribution in [0.4, 0.5) is 13.2 Å². The Morgan fingerprint density at radius 1 is 0.906 bits per heavy atom. The molecule has 9 nitrogen and oxygen atoms in total. The molecule has 0 spiro atoms. The molecule has 0 saturated carbocycles. The highest BCUT2D eigenvalue weighted by molar-refractivity contribution is 7.89. The molecule has 0 unspecified atom stereocenters. The van der Waals surface area contributed by atoms with Gasteiger partial charge in [-0.1, -0.05) is 0 Å². The highest BCUT2D eigenvalue weighted by atomic mass is 32.2. The zero-order valence-corrected chi connectivity index (χ0v) is 19.3. The van der Waals surface area contributed by atoms with Crippen molar-refractivity contribution >= 4 is 20.0 Å². The Bertz CT molecular complexity index is 1190. The lowest BCUT2D eigenvalue weighted by molar-refractivity contribution is -0.274. The first kappa shape index (κ1) is 24.5. The van der Waals surface area contributed by atoms with E-state index in [1.165, 1.54) is 8.99 Å². The summed E-state index contributed by atoms with van der Waals surface area (Å²) in [6, 6.07) is 3.89. The third-order valence-corrected chi connectivity index (χ3v) is 9.21. The van der Waals surface area contributed by atoms with E-state index in [-0.39, 0.29) is 42.4 Å². The SMILES string of the molecule is Cc1nn(C)c(C)c1S(=O)(=O)N1CCCN(S(=O)(=O)c2ccc(OC(F)(F)F)cc2)CC1. The van der Waals surface area contributed by atoms with Gasteiger partial charge in [-0.2, -0.15) is 13.7 Å². The van der Waals surface area contributed by atoms with Gasteiger partial charge in [0.05, 0.1) is 16.3 Å². The van der Waals surface area contributed by atoms with Crippen molar-refractivity contribution in [2.24, 2.45) is 7.05 Å². The van der Waals surface area contributed by atoms with E-state index in [0.29, 0.717) is 11.4 Å². The number of alkyl halides is 3. The summed E-state index contributed by atoms with van der Waals surface area (Å²) in [6.07, 6.45) is -4.63. The van der Waals surface area contributed by atoms with Crippen LogP contribution in [-0.4, -0.2) is 67.8 Å². The predicted molar refractivity (Wildman–Crippen MR) is 108 cm³/mol. The van der Waals surface area contributed by atoms with Gasteiger partial charge in [-0.25, -0.2) is 16.8 Å².